The van der Waals surface area contributed by atoms with Crippen LogP contribution in [0.4, 0.5) is 11.4 Å². The Morgan fingerprint density at radius 2 is 2.00 bits per heavy atom. The van der Waals surface area contributed by atoms with Crippen LogP contribution < -0.4 is 10.9 Å². The lowest BCUT2D eigenvalue weighted by Gasteiger charge is -2.15. The van der Waals surface area contributed by atoms with Gasteiger partial charge in [-0.05, 0) is 25.3 Å². The number of hydrogen-bond acceptors (Lipinski definition) is 5. The van der Waals surface area contributed by atoms with Crippen LogP contribution in [0.25, 0.3) is 11.3 Å². The molecule has 0 unspecified atom stereocenters. The van der Waals surface area contributed by atoms with Gasteiger partial charge in [-0.3, -0.25) is 9.59 Å². The molecule has 6 heteroatoms. The minimum atomic E-state index is -0.298. The number of aryl methyl sites for hydroxylation is 1. The highest BCUT2D eigenvalue weighted by Crippen LogP contribution is 2.28. The molecule has 0 aliphatic carbocycles. The first kappa shape index (κ1) is 16.1. The number of hydrogen-bond donors (Lipinski definition) is 1. The smallest absolute Gasteiger partial charge is 0.291 e. The summed E-state index contributed by atoms with van der Waals surface area (Å²) in [7, 11) is 0. The predicted octanol–water partition coefficient (Wildman–Crippen LogP) is 3.94. The number of Topliss-reactive ketones (excluding diaryl/α,β-unsaturated/α-hetero) is 1. The maximum absolute atomic E-state index is 12.7. The van der Waals surface area contributed by atoms with E-state index in [1.54, 1.807) is 0 Å². The zero-order valence-electron chi connectivity index (χ0n) is 13.4. The molecule has 3 rings (SSSR count). The summed E-state index contributed by atoms with van der Waals surface area (Å²) in [5.41, 5.74) is 2.40. The minimum Gasteiger partial charge on any atom is -0.350 e. The van der Waals surface area contributed by atoms with Crippen molar-refractivity contribution in [2.75, 3.05) is 5.32 Å². The van der Waals surface area contributed by atoms with Crippen molar-refractivity contribution in [2.24, 2.45) is 0 Å². The van der Waals surface area contributed by atoms with Gasteiger partial charge in [0.25, 0.3) is 5.56 Å². The van der Waals surface area contributed by atoms with E-state index in [2.05, 4.69) is 10.4 Å². The average Bonchev–Trinajstić information content (AvgIpc) is 3.10. The van der Waals surface area contributed by atoms with Crippen molar-refractivity contribution < 1.29 is 4.79 Å². The monoisotopic (exact) mass is 339 g/mol. The van der Waals surface area contributed by atoms with E-state index in [0.717, 1.165) is 11.3 Å². The lowest BCUT2D eigenvalue weighted by molar-refractivity contribution is 0.101. The molecular formula is C18H17N3O2S. The maximum Gasteiger partial charge on any atom is 0.291 e. The van der Waals surface area contributed by atoms with Crippen LogP contribution in [0.2, 0.25) is 0 Å². The average molecular weight is 339 g/mol. The molecule has 0 amide bonds. The van der Waals surface area contributed by atoms with Gasteiger partial charge < -0.3 is 5.32 Å². The Balaban J connectivity index is 2.29. The molecule has 0 bridgehead atoms. The van der Waals surface area contributed by atoms with Gasteiger partial charge in [-0.1, -0.05) is 30.3 Å². The third-order valence-electron chi connectivity index (χ3n) is 3.65. The van der Waals surface area contributed by atoms with Gasteiger partial charge in [-0.15, -0.1) is 0 Å². The van der Waals surface area contributed by atoms with Crippen LogP contribution in [0.5, 0.6) is 0 Å². The highest BCUT2D eigenvalue weighted by molar-refractivity contribution is 7.08. The molecule has 0 aliphatic rings. The highest BCUT2D eigenvalue weighted by atomic mass is 32.1. The number of anilines is 2. The van der Waals surface area contributed by atoms with E-state index in [0.29, 0.717) is 17.8 Å². The number of carbonyl (C=O) groups excluding carboxylic acids is 1. The Kier molecular flexibility index (Phi) is 4.57. The molecule has 2 aromatic heterocycles. The number of ketones is 1. The summed E-state index contributed by atoms with van der Waals surface area (Å²) >= 11 is 1.52. The Bertz CT molecular complexity index is 915. The molecule has 1 N–H and O–H groups in total. The number of nitrogens with zero attached hydrogens (tertiary/aromatic N) is 2. The van der Waals surface area contributed by atoms with Crippen molar-refractivity contribution in [3.63, 3.8) is 0 Å². The topological polar surface area (TPSA) is 64.0 Å². The van der Waals surface area contributed by atoms with Gasteiger partial charge in [-0.2, -0.15) is 16.4 Å². The maximum atomic E-state index is 12.7. The Morgan fingerprint density at radius 3 is 2.58 bits per heavy atom. The number of thiophene rings is 1. The molecule has 0 radical (unpaired) electrons. The van der Waals surface area contributed by atoms with Crippen LogP contribution in [0.15, 0.2) is 52.0 Å². The lowest BCUT2D eigenvalue weighted by Crippen LogP contribution is -2.28. The standard InChI is InChI=1S/C18H17N3O2S/c1-3-21-18(23)17(19-14-9-10-24-11-14)15(12(2)22)16(20-21)13-7-5-4-6-8-13/h4-11,19H,3H2,1-2H3. The van der Waals surface area contributed by atoms with Crippen molar-refractivity contribution in [1.29, 1.82) is 0 Å². The molecule has 0 saturated heterocycles. The Hall–Kier alpha value is -2.73. The van der Waals surface area contributed by atoms with Gasteiger partial charge in [0.1, 0.15) is 11.4 Å². The number of aromatic nitrogens is 2. The van der Waals surface area contributed by atoms with E-state index in [9.17, 15) is 9.59 Å². The zero-order chi connectivity index (χ0) is 17.1. The molecule has 3 aromatic rings. The van der Waals surface area contributed by atoms with Crippen LogP contribution in [-0.2, 0) is 6.54 Å². The van der Waals surface area contributed by atoms with Crippen molar-refractivity contribution in [3.05, 3.63) is 63.1 Å². The fraction of sp³-hybridized carbons (Fsp3) is 0.167. The zero-order valence-corrected chi connectivity index (χ0v) is 14.3. The number of carbonyl (C=O) groups is 1. The summed E-state index contributed by atoms with van der Waals surface area (Å²) in [6.07, 6.45) is 0. The fourth-order valence-corrected chi connectivity index (χ4v) is 3.11. The van der Waals surface area contributed by atoms with Crippen LogP contribution >= 0.6 is 11.3 Å². The molecular weight excluding hydrogens is 322 g/mol. The first-order valence-electron chi connectivity index (χ1n) is 7.62. The van der Waals surface area contributed by atoms with E-state index in [-0.39, 0.29) is 17.0 Å². The van der Waals surface area contributed by atoms with Gasteiger partial charge in [0, 0.05) is 23.2 Å². The van der Waals surface area contributed by atoms with E-state index in [4.69, 9.17) is 0 Å². The largest absolute Gasteiger partial charge is 0.350 e. The number of rotatable bonds is 5. The third kappa shape index (κ3) is 3.00. The molecule has 0 atom stereocenters. The summed E-state index contributed by atoms with van der Waals surface area (Å²) < 4.78 is 1.38. The van der Waals surface area contributed by atoms with Gasteiger partial charge in [0.2, 0.25) is 0 Å². The SMILES string of the molecule is CCn1nc(-c2ccccc2)c(C(C)=O)c(Nc2ccsc2)c1=O. The second-order valence-corrected chi connectivity index (χ2v) is 6.06. The Labute approximate surface area is 143 Å². The first-order valence-corrected chi connectivity index (χ1v) is 8.56. The molecule has 2 heterocycles. The van der Waals surface area contributed by atoms with Gasteiger partial charge in [0.05, 0.1) is 5.56 Å². The molecule has 0 saturated carbocycles. The molecule has 122 valence electrons. The van der Waals surface area contributed by atoms with E-state index in [1.165, 1.54) is 22.9 Å². The van der Waals surface area contributed by atoms with Crippen LogP contribution in [-0.4, -0.2) is 15.6 Å². The summed E-state index contributed by atoms with van der Waals surface area (Å²) in [6, 6.07) is 11.3. The summed E-state index contributed by atoms with van der Waals surface area (Å²) in [6.45, 7) is 3.73. The van der Waals surface area contributed by atoms with Gasteiger partial charge >= 0.3 is 0 Å². The summed E-state index contributed by atoms with van der Waals surface area (Å²) in [4.78, 5) is 25.0. The first-order chi connectivity index (χ1) is 11.6. The molecule has 0 fully saturated rings. The summed E-state index contributed by atoms with van der Waals surface area (Å²) in [5, 5.41) is 11.3. The van der Waals surface area contributed by atoms with Crippen molar-refractivity contribution >= 4 is 28.5 Å². The molecule has 24 heavy (non-hydrogen) atoms. The number of nitrogens with one attached hydrogen (secondary N) is 1. The van der Waals surface area contributed by atoms with Crippen molar-refractivity contribution in [3.8, 4) is 11.3 Å². The fourth-order valence-electron chi connectivity index (χ4n) is 2.52. The van der Waals surface area contributed by atoms with E-state index < -0.39 is 0 Å². The molecule has 0 aliphatic heterocycles. The molecule has 5 nitrogen and oxygen atoms in total. The second kappa shape index (κ2) is 6.80. The van der Waals surface area contributed by atoms with Crippen molar-refractivity contribution in [1.82, 2.24) is 9.78 Å². The predicted molar refractivity (Wildman–Crippen MR) is 97.2 cm³/mol. The number of benzene rings is 1. The van der Waals surface area contributed by atoms with Crippen molar-refractivity contribution in [2.45, 2.75) is 20.4 Å². The second-order valence-electron chi connectivity index (χ2n) is 5.28. The quantitative estimate of drug-likeness (QED) is 0.715. The van der Waals surface area contributed by atoms with Crippen LogP contribution in [0.3, 0.4) is 0 Å². The lowest BCUT2D eigenvalue weighted by atomic mass is 10.0. The van der Waals surface area contributed by atoms with E-state index in [1.807, 2.05) is 54.1 Å². The normalized spacial score (nSPS) is 10.6. The summed E-state index contributed by atoms with van der Waals surface area (Å²) in [5.74, 6) is -0.195. The van der Waals surface area contributed by atoms with Gasteiger partial charge in [0.15, 0.2) is 5.78 Å². The minimum absolute atomic E-state index is 0.195. The van der Waals surface area contributed by atoms with Gasteiger partial charge in [-0.25, -0.2) is 4.68 Å². The third-order valence-corrected chi connectivity index (χ3v) is 4.33. The van der Waals surface area contributed by atoms with Crippen LogP contribution in [0, 0.1) is 0 Å². The molecule has 1 aromatic carbocycles. The van der Waals surface area contributed by atoms with E-state index >= 15 is 0 Å². The molecule has 0 spiro atoms. The highest BCUT2D eigenvalue weighted by Gasteiger charge is 2.21. The Morgan fingerprint density at radius 1 is 1.25 bits per heavy atom. The van der Waals surface area contributed by atoms with Crippen LogP contribution in [0.1, 0.15) is 24.2 Å².